The van der Waals surface area contributed by atoms with E-state index in [1.165, 1.54) is 0 Å². The molecule has 1 aromatic carbocycles. The molecule has 0 radical (unpaired) electrons. The molecule has 0 saturated carbocycles. The molecule has 2 N–H and O–H groups in total. The minimum atomic E-state index is -0.305. The molecule has 0 bridgehead atoms. The molecule has 0 aromatic heterocycles. The van der Waals surface area contributed by atoms with Crippen molar-refractivity contribution in [2.24, 2.45) is 0 Å². The number of hydrogen-bond donors (Lipinski definition) is 2. The molecule has 140 valence electrons. The Bertz CT molecular complexity index is 542. The van der Waals surface area contributed by atoms with Crippen LogP contribution in [0.15, 0.2) is 24.3 Å². The van der Waals surface area contributed by atoms with Gasteiger partial charge in [-0.15, -0.1) is 0 Å². The van der Waals surface area contributed by atoms with Crippen molar-refractivity contribution >= 4 is 5.91 Å². The van der Waals surface area contributed by atoms with Crippen molar-refractivity contribution < 1.29 is 14.6 Å². The molecule has 1 fully saturated rings. The Hall–Kier alpha value is -1.63. The molecule has 2 rings (SSSR count). The van der Waals surface area contributed by atoms with Gasteiger partial charge in [-0.1, -0.05) is 12.1 Å². The number of nitrogens with zero attached hydrogens (tertiary/aromatic N) is 2. The van der Waals surface area contributed by atoms with Crippen molar-refractivity contribution in [3.05, 3.63) is 29.8 Å². The Morgan fingerprint density at radius 3 is 2.64 bits per heavy atom. The number of amides is 1. The van der Waals surface area contributed by atoms with E-state index in [1.807, 2.05) is 38.1 Å². The summed E-state index contributed by atoms with van der Waals surface area (Å²) in [5, 5.41) is 12.4. The number of ether oxygens (including phenoxy) is 1. The highest BCUT2D eigenvalue weighted by atomic mass is 16.5. The maximum Gasteiger partial charge on any atom is 0.237 e. The largest absolute Gasteiger partial charge is 0.492 e. The summed E-state index contributed by atoms with van der Waals surface area (Å²) < 4.78 is 5.65. The zero-order valence-corrected chi connectivity index (χ0v) is 15.6. The van der Waals surface area contributed by atoms with E-state index < -0.39 is 0 Å². The van der Waals surface area contributed by atoms with Crippen LogP contribution in [0.3, 0.4) is 0 Å². The molecule has 1 saturated heterocycles. The van der Waals surface area contributed by atoms with Crippen LogP contribution in [0.5, 0.6) is 5.75 Å². The second-order valence-electron chi connectivity index (χ2n) is 6.82. The van der Waals surface area contributed by atoms with Gasteiger partial charge in [0.25, 0.3) is 0 Å². The van der Waals surface area contributed by atoms with Crippen LogP contribution in [0.2, 0.25) is 0 Å². The summed E-state index contributed by atoms with van der Waals surface area (Å²) in [5.74, 6) is 0.869. The molecular formula is C19H31N3O3. The first-order valence-corrected chi connectivity index (χ1v) is 9.07. The molecule has 1 amide bonds. The highest BCUT2D eigenvalue weighted by Crippen LogP contribution is 2.12. The molecule has 0 unspecified atom stereocenters. The highest BCUT2D eigenvalue weighted by Gasteiger charge is 2.25. The van der Waals surface area contributed by atoms with Crippen molar-refractivity contribution in [3.63, 3.8) is 0 Å². The molecule has 6 nitrogen and oxygen atoms in total. The van der Waals surface area contributed by atoms with Gasteiger partial charge in [0.05, 0.1) is 18.7 Å². The maximum atomic E-state index is 12.3. The number of rotatable bonds is 8. The van der Waals surface area contributed by atoms with Crippen LogP contribution in [-0.2, 0) is 4.79 Å². The lowest BCUT2D eigenvalue weighted by molar-refractivity contribution is -0.126. The van der Waals surface area contributed by atoms with E-state index >= 15 is 0 Å². The molecule has 6 heteroatoms. The van der Waals surface area contributed by atoms with Crippen LogP contribution in [0.4, 0.5) is 0 Å². The lowest BCUT2D eigenvalue weighted by atomic mass is 10.2. The van der Waals surface area contributed by atoms with E-state index in [-0.39, 0.29) is 18.1 Å². The molecule has 25 heavy (non-hydrogen) atoms. The van der Waals surface area contributed by atoms with Gasteiger partial charge in [-0.2, -0.15) is 0 Å². The Balaban J connectivity index is 1.65. The van der Waals surface area contributed by atoms with E-state index in [2.05, 4.69) is 15.1 Å². The Kier molecular flexibility index (Phi) is 7.68. The third-order valence-electron chi connectivity index (χ3n) is 4.52. The summed E-state index contributed by atoms with van der Waals surface area (Å²) >= 11 is 0. The maximum absolute atomic E-state index is 12.3. The minimum absolute atomic E-state index is 0.0387. The van der Waals surface area contributed by atoms with Crippen molar-refractivity contribution in [2.75, 3.05) is 45.9 Å². The second-order valence-corrected chi connectivity index (χ2v) is 6.82. The average Bonchev–Trinajstić information content (AvgIpc) is 2.58. The predicted octanol–water partition coefficient (Wildman–Crippen LogP) is 0.877. The van der Waals surface area contributed by atoms with Gasteiger partial charge in [0.1, 0.15) is 12.4 Å². The van der Waals surface area contributed by atoms with Crippen LogP contribution < -0.4 is 10.1 Å². The summed E-state index contributed by atoms with van der Waals surface area (Å²) in [6.07, 6.45) is -0.305. The molecule has 1 heterocycles. The predicted molar refractivity (Wildman–Crippen MR) is 98.8 cm³/mol. The number of aryl methyl sites for hydroxylation is 1. The molecule has 0 aliphatic carbocycles. The van der Waals surface area contributed by atoms with Gasteiger partial charge in [0, 0.05) is 32.7 Å². The topological polar surface area (TPSA) is 65.0 Å². The number of hydrogen-bond acceptors (Lipinski definition) is 5. The molecule has 0 spiro atoms. The van der Waals surface area contributed by atoms with Crippen LogP contribution in [0.1, 0.15) is 19.4 Å². The smallest absolute Gasteiger partial charge is 0.237 e. The Morgan fingerprint density at radius 1 is 1.28 bits per heavy atom. The zero-order chi connectivity index (χ0) is 18.2. The summed E-state index contributed by atoms with van der Waals surface area (Å²) in [4.78, 5) is 16.7. The number of benzene rings is 1. The standard InChI is InChI=1S/C19H31N3O3/c1-15-5-4-6-18(13-15)25-12-7-20-19(24)17(3)22-10-8-21(9-11-22)14-16(2)23/h4-6,13,16-17,23H,7-12,14H2,1-3H3,(H,20,24)/t16-,17-/m0/s1. The van der Waals surface area contributed by atoms with Gasteiger partial charge in [-0.25, -0.2) is 0 Å². The zero-order valence-electron chi connectivity index (χ0n) is 15.6. The number of carbonyl (C=O) groups excluding carboxylic acids is 1. The molecule has 2 atom stereocenters. The lowest BCUT2D eigenvalue weighted by Crippen LogP contribution is -2.54. The Morgan fingerprint density at radius 2 is 2.00 bits per heavy atom. The number of β-amino-alcohol motifs (C(OH)–C–C–N with tert-alkyl or cyclic N) is 1. The first kappa shape index (κ1) is 19.7. The van der Waals surface area contributed by atoms with E-state index in [4.69, 9.17) is 4.74 Å². The normalized spacial score (nSPS) is 18.6. The number of piperazine rings is 1. The van der Waals surface area contributed by atoms with Gasteiger partial charge in [0.15, 0.2) is 0 Å². The summed E-state index contributed by atoms with van der Waals surface area (Å²) in [5.41, 5.74) is 1.16. The first-order chi connectivity index (χ1) is 12.0. The fraction of sp³-hybridized carbons (Fsp3) is 0.632. The van der Waals surface area contributed by atoms with E-state index in [0.29, 0.717) is 19.7 Å². The average molecular weight is 349 g/mol. The molecule has 1 aromatic rings. The third kappa shape index (κ3) is 6.65. The number of aliphatic hydroxyl groups excluding tert-OH is 1. The van der Waals surface area contributed by atoms with Gasteiger partial charge in [0.2, 0.25) is 5.91 Å². The van der Waals surface area contributed by atoms with Crippen molar-refractivity contribution in [2.45, 2.75) is 32.9 Å². The van der Waals surface area contributed by atoms with Crippen LogP contribution in [-0.4, -0.2) is 78.8 Å². The summed E-state index contributed by atoms with van der Waals surface area (Å²) in [6, 6.07) is 7.74. The van der Waals surface area contributed by atoms with Crippen LogP contribution in [0, 0.1) is 6.92 Å². The van der Waals surface area contributed by atoms with Gasteiger partial charge < -0.3 is 15.2 Å². The molecule has 1 aliphatic heterocycles. The van der Waals surface area contributed by atoms with Crippen molar-refractivity contribution in [3.8, 4) is 5.75 Å². The SMILES string of the molecule is Cc1cccc(OCCNC(=O)[C@H](C)N2CCN(C[C@H](C)O)CC2)c1. The molecular weight excluding hydrogens is 318 g/mol. The first-order valence-electron chi connectivity index (χ1n) is 9.07. The summed E-state index contributed by atoms with van der Waals surface area (Å²) in [7, 11) is 0. The lowest BCUT2D eigenvalue weighted by Gasteiger charge is -2.37. The van der Waals surface area contributed by atoms with Crippen molar-refractivity contribution in [1.29, 1.82) is 0 Å². The van der Waals surface area contributed by atoms with E-state index in [1.54, 1.807) is 6.92 Å². The van der Waals surface area contributed by atoms with E-state index in [0.717, 1.165) is 37.5 Å². The second kappa shape index (κ2) is 9.75. The van der Waals surface area contributed by atoms with E-state index in [9.17, 15) is 9.90 Å². The van der Waals surface area contributed by atoms with Gasteiger partial charge >= 0.3 is 0 Å². The Labute approximate surface area is 150 Å². The quantitative estimate of drug-likeness (QED) is 0.682. The number of aliphatic hydroxyl groups is 1. The van der Waals surface area contributed by atoms with Crippen LogP contribution in [0.25, 0.3) is 0 Å². The molecule has 1 aliphatic rings. The van der Waals surface area contributed by atoms with Gasteiger partial charge in [-0.3, -0.25) is 14.6 Å². The van der Waals surface area contributed by atoms with Crippen molar-refractivity contribution in [1.82, 2.24) is 15.1 Å². The fourth-order valence-corrected chi connectivity index (χ4v) is 3.07. The highest BCUT2D eigenvalue weighted by molar-refractivity contribution is 5.81. The monoisotopic (exact) mass is 349 g/mol. The third-order valence-corrected chi connectivity index (χ3v) is 4.52. The summed E-state index contributed by atoms with van der Waals surface area (Å²) in [6.45, 7) is 10.9. The number of carbonyl (C=O) groups is 1. The fourth-order valence-electron chi connectivity index (χ4n) is 3.07. The number of nitrogens with one attached hydrogen (secondary N) is 1. The van der Waals surface area contributed by atoms with Crippen LogP contribution >= 0.6 is 0 Å². The minimum Gasteiger partial charge on any atom is -0.492 e. The van der Waals surface area contributed by atoms with Gasteiger partial charge in [-0.05, 0) is 38.5 Å².